The van der Waals surface area contributed by atoms with Crippen LogP contribution in [-0.2, 0) is 24.4 Å². The van der Waals surface area contributed by atoms with Gasteiger partial charge in [0.2, 0.25) is 0 Å². The van der Waals surface area contributed by atoms with E-state index in [1.54, 1.807) is 12.4 Å². The summed E-state index contributed by atoms with van der Waals surface area (Å²) < 4.78 is 8.07. The van der Waals surface area contributed by atoms with E-state index < -0.39 is 5.97 Å². The van der Waals surface area contributed by atoms with E-state index in [1.165, 1.54) is 0 Å². The van der Waals surface area contributed by atoms with Gasteiger partial charge in [-0.2, -0.15) is 5.10 Å². The van der Waals surface area contributed by atoms with Crippen LogP contribution >= 0.6 is 0 Å². The first-order valence-corrected chi connectivity index (χ1v) is 9.94. The van der Waals surface area contributed by atoms with Crippen molar-refractivity contribution in [2.24, 2.45) is 0 Å². The van der Waals surface area contributed by atoms with Crippen molar-refractivity contribution in [2.45, 2.75) is 45.0 Å². The van der Waals surface area contributed by atoms with E-state index >= 15 is 0 Å². The number of aliphatic carboxylic acids is 1. The second kappa shape index (κ2) is 8.70. The van der Waals surface area contributed by atoms with Gasteiger partial charge in [0.05, 0.1) is 24.1 Å². The number of carboxylic acids is 1. The van der Waals surface area contributed by atoms with E-state index in [0.717, 1.165) is 69.1 Å². The van der Waals surface area contributed by atoms with E-state index in [0.29, 0.717) is 6.54 Å². The van der Waals surface area contributed by atoms with Gasteiger partial charge in [0.15, 0.2) is 0 Å². The van der Waals surface area contributed by atoms with Crippen LogP contribution in [0.4, 0.5) is 0 Å². The van der Waals surface area contributed by atoms with Crippen LogP contribution in [0.2, 0.25) is 0 Å². The highest BCUT2D eigenvalue weighted by atomic mass is 16.5. The van der Waals surface area contributed by atoms with Crippen molar-refractivity contribution < 1.29 is 14.6 Å². The van der Waals surface area contributed by atoms with Gasteiger partial charge in [0.25, 0.3) is 0 Å². The summed E-state index contributed by atoms with van der Waals surface area (Å²) >= 11 is 0. The molecule has 4 heterocycles. The molecule has 1 N–H and O–H groups in total. The summed E-state index contributed by atoms with van der Waals surface area (Å²) in [5.74, 6) is 0.0641. The Morgan fingerprint density at radius 2 is 2.07 bits per heavy atom. The molecule has 8 nitrogen and oxygen atoms in total. The molecule has 0 aliphatic carbocycles. The zero-order valence-corrected chi connectivity index (χ0v) is 16.0. The Bertz CT molecular complexity index is 786. The second-order valence-electron chi connectivity index (χ2n) is 7.59. The number of carbonyl (C=O) groups is 1. The van der Waals surface area contributed by atoms with Crippen molar-refractivity contribution in [3.63, 3.8) is 0 Å². The van der Waals surface area contributed by atoms with Crippen molar-refractivity contribution in [1.29, 1.82) is 0 Å². The third kappa shape index (κ3) is 4.88. The lowest BCUT2D eigenvalue weighted by molar-refractivity contribution is -0.138. The van der Waals surface area contributed by atoms with Crippen LogP contribution in [0.15, 0.2) is 30.6 Å². The Morgan fingerprint density at radius 3 is 2.82 bits per heavy atom. The molecule has 2 aromatic rings. The first kappa shape index (κ1) is 18.9. The molecular formula is C20H27N5O3. The number of carboxylic acid groups (broad SMARTS) is 1. The average Bonchev–Trinajstić information content (AvgIpc) is 2.95. The van der Waals surface area contributed by atoms with Gasteiger partial charge < -0.3 is 9.84 Å². The van der Waals surface area contributed by atoms with Gasteiger partial charge >= 0.3 is 5.97 Å². The molecule has 4 rings (SSSR count). The Labute approximate surface area is 164 Å². The van der Waals surface area contributed by atoms with Crippen molar-refractivity contribution in [2.75, 3.05) is 26.2 Å². The number of pyridine rings is 1. The zero-order valence-electron chi connectivity index (χ0n) is 16.0. The molecule has 2 aromatic heterocycles. The molecule has 0 radical (unpaired) electrons. The number of hydrogen-bond donors (Lipinski definition) is 1. The highest BCUT2D eigenvalue weighted by Crippen LogP contribution is 2.20. The normalized spacial score (nSPS) is 19.1. The average molecular weight is 385 g/mol. The molecule has 8 heteroatoms. The topological polar surface area (TPSA) is 83.7 Å². The van der Waals surface area contributed by atoms with Crippen LogP contribution in [0, 0.1) is 0 Å². The molecule has 0 unspecified atom stereocenters. The number of nitrogens with zero attached hydrogens (tertiary/aromatic N) is 5. The maximum Gasteiger partial charge on any atom is 0.317 e. The molecule has 2 aliphatic rings. The van der Waals surface area contributed by atoms with Crippen LogP contribution in [-0.4, -0.2) is 67.9 Å². The van der Waals surface area contributed by atoms with Gasteiger partial charge in [0.1, 0.15) is 11.9 Å². The molecule has 0 aromatic carbocycles. The van der Waals surface area contributed by atoms with Gasteiger partial charge in [0, 0.05) is 45.5 Å². The van der Waals surface area contributed by atoms with E-state index in [9.17, 15) is 4.79 Å². The third-order valence-corrected chi connectivity index (χ3v) is 5.36. The van der Waals surface area contributed by atoms with Gasteiger partial charge in [-0.3, -0.25) is 24.3 Å². The molecule has 150 valence electrons. The third-order valence-electron chi connectivity index (χ3n) is 5.36. The smallest absolute Gasteiger partial charge is 0.317 e. The lowest BCUT2D eigenvalue weighted by Crippen LogP contribution is -2.37. The SMILES string of the molecule is O=C(O)CN1CCCn2nc(CN3CCC(Oc4cccnc4)CC3)cc2C1. The highest BCUT2D eigenvalue weighted by Gasteiger charge is 2.23. The largest absolute Gasteiger partial charge is 0.489 e. The molecule has 0 atom stereocenters. The molecule has 1 saturated heterocycles. The molecule has 0 spiro atoms. The summed E-state index contributed by atoms with van der Waals surface area (Å²) in [5.41, 5.74) is 2.18. The minimum Gasteiger partial charge on any atom is -0.489 e. The summed E-state index contributed by atoms with van der Waals surface area (Å²) in [7, 11) is 0. The first-order valence-electron chi connectivity index (χ1n) is 9.94. The number of fused-ring (bicyclic) bond motifs is 1. The standard InChI is InChI=1S/C20H27N5O3/c26-20(27)15-24-7-2-8-25-17(14-24)11-16(22-25)13-23-9-4-18(5-10-23)28-19-3-1-6-21-12-19/h1,3,6,11-12,18H,2,4-5,7-10,13-15H2,(H,26,27). The Hall–Kier alpha value is -2.45. The lowest BCUT2D eigenvalue weighted by atomic mass is 10.1. The summed E-state index contributed by atoms with van der Waals surface area (Å²) in [6.45, 7) is 5.20. The van der Waals surface area contributed by atoms with Crippen LogP contribution in [0.1, 0.15) is 30.7 Å². The van der Waals surface area contributed by atoms with Gasteiger partial charge in [-0.05, 0) is 37.5 Å². The minimum atomic E-state index is -0.774. The highest BCUT2D eigenvalue weighted by molar-refractivity contribution is 5.69. The maximum atomic E-state index is 11.0. The molecule has 0 amide bonds. The zero-order chi connectivity index (χ0) is 19.3. The number of rotatable bonds is 6. The van der Waals surface area contributed by atoms with Crippen molar-refractivity contribution >= 4 is 5.97 Å². The van der Waals surface area contributed by atoms with E-state index in [2.05, 4.69) is 20.6 Å². The minimum absolute atomic E-state index is 0.0883. The van der Waals surface area contributed by atoms with Gasteiger partial charge in [-0.25, -0.2) is 0 Å². The van der Waals surface area contributed by atoms with Crippen molar-refractivity contribution in [3.05, 3.63) is 42.0 Å². The van der Waals surface area contributed by atoms with E-state index in [-0.39, 0.29) is 12.6 Å². The summed E-state index contributed by atoms with van der Waals surface area (Å²) in [6, 6.07) is 5.98. The number of aromatic nitrogens is 3. The predicted molar refractivity (Wildman–Crippen MR) is 103 cm³/mol. The van der Waals surface area contributed by atoms with Crippen molar-refractivity contribution in [1.82, 2.24) is 24.6 Å². The van der Waals surface area contributed by atoms with Crippen LogP contribution in [0.3, 0.4) is 0 Å². The number of piperidine rings is 1. The van der Waals surface area contributed by atoms with Crippen molar-refractivity contribution in [3.8, 4) is 5.75 Å². The summed E-state index contributed by atoms with van der Waals surface area (Å²) in [4.78, 5) is 19.5. The quantitative estimate of drug-likeness (QED) is 0.809. The van der Waals surface area contributed by atoms with E-state index in [4.69, 9.17) is 14.9 Å². The first-order chi connectivity index (χ1) is 13.7. The van der Waals surface area contributed by atoms with Crippen LogP contribution in [0.25, 0.3) is 0 Å². The monoisotopic (exact) mass is 385 g/mol. The van der Waals surface area contributed by atoms with Crippen LogP contribution < -0.4 is 4.74 Å². The number of hydrogen-bond acceptors (Lipinski definition) is 6. The number of likely N-dealkylation sites (tertiary alicyclic amines) is 1. The second-order valence-corrected chi connectivity index (χ2v) is 7.59. The molecule has 0 bridgehead atoms. The molecule has 1 fully saturated rings. The fraction of sp³-hybridized carbons (Fsp3) is 0.550. The molecule has 28 heavy (non-hydrogen) atoms. The molecule has 0 saturated carbocycles. The molecule has 2 aliphatic heterocycles. The fourth-order valence-electron chi connectivity index (χ4n) is 4.02. The van der Waals surface area contributed by atoms with Gasteiger partial charge in [-0.15, -0.1) is 0 Å². The summed E-state index contributed by atoms with van der Waals surface area (Å²) in [5, 5.41) is 13.8. The maximum absolute atomic E-state index is 11.0. The van der Waals surface area contributed by atoms with E-state index in [1.807, 2.05) is 17.0 Å². The number of ether oxygens (including phenoxy) is 1. The molecular weight excluding hydrogens is 358 g/mol. The van der Waals surface area contributed by atoms with Gasteiger partial charge in [-0.1, -0.05) is 0 Å². The lowest BCUT2D eigenvalue weighted by Gasteiger charge is -2.31. The Kier molecular flexibility index (Phi) is 5.87. The Morgan fingerprint density at radius 1 is 1.21 bits per heavy atom. The summed E-state index contributed by atoms with van der Waals surface area (Å²) in [6.07, 6.45) is 6.67. The fourth-order valence-corrected chi connectivity index (χ4v) is 4.02. The Balaban J connectivity index is 1.29. The predicted octanol–water partition coefficient (Wildman–Crippen LogP) is 1.61. The van der Waals surface area contributed by atoms with Crippen LogP contribution in [0.5, 0.6) is 5.75 Å². The number of aryl methyl sites for hydroxylation is 1.